The van der Waals surface area contributed by atoms with E-state index in [9.17, 15) is 0 Å². The summed E-state index contributed by atoms with van der Waals surface area (Å²) in [4.78, 5) is 0. The molecule has 0 fully saturated rings. The maximum atomic E-state index is 5.90. The second kappa shape index (κ2) is 5.48. The maximum absolute atomic E-state index is 5.90. The molecular formula is C18H20O. The molecule has 2 aromatic rings. The lowest BCUT2D eigenvalue weighted by Crippen LogP contribution is -2.03. The first-order chi connectivity index (χ1) is 9.36. The van der Waals surface area contributed by atoms with Crippen LogP contribution in [0.25, 0.3) is 0 Å². The molecule has 1 atom stereocenters. The van der Waals surface area contributed by atoms with Crippen LogP contribution in [0.4, 0.5) is 0 Å². The van der Waals surface area contributed by atoms with Crippen molar-refractivity contribution in [3.8, 4) is 5.75 Å². The van der Waals surface area contributed by atoms with Crippen LogP contribution >= 0.6 is 0 Å². The molecule has 1 aliphatic rings. The molecule has 1 heterocycles. The number of hydrogen-bond acceptors (Lipinski definition) is 1. The van der Waals surface area contributed by atoms with Gasteiger partial charge in [0.1, 0.15) is 5.75 Å². The molecule has 0 radical (unpaired) electrons. The minimum Gasteiger partial charge on any atom is -0.493 e. The summed E-state index contributed by atoms with van der Waals surface area (Å²) in [6.45, 7) is 3.02. The van der Waals surface area contributed by atoms with Crippen LogP contribution in [0.5, 0.6) is 5.75 Å². The fourth-order valence-corrected chi connectivity index (χ4v) is 2.84. The first-order valence-corrected chi connectivity index (χ1v) is 7.16. The predicted molar refractivity (Wildman–Crippen MR) is 78.8 cm³/mol. The Morgan fingerprint density at radius 1 is 1.11 bits per heavy atom. The van der Waals surface area contributed by atoms with E-state index in [1.54, 1.807) is 0 Å². The summed E-state index contributed by atoms with van der Waals surface area (Å²) in [5, 5.41) is 0. The quantitative estimate of drug-likeness (QED) is 0.771. The molecule has 1 nitrogen and oxygen atoms in total. The number of benzene rings is 2. The van der Waals surface area contributed by atoms with Crippen LogP contribution in [0.2, 0.25) is 0 Å². The summed E-state index contributed by atoms with van der Waals surface area (Å²) in [5.74, 6) is 1.66. The second-order valence-electron chi connectivity index (χ2n) is 5.24. The van der Waals surface area contributed by atoms with Crippen molar-refractivity contribution in [2.24, 2.45) is 0 Å². The number of ether oxygens (including phenoxy) is 1. The molecule has 0 unspecified atom stereocenters. The number of fused-ring (bicyclic) bond motifs is 1. The van der Waals surface area contributed by atoms with Gasteiger partial charge in [-0.15, -0.1) is 0 Å². The zero-order valence-corrected chi connectivity index (χ0v) is 11.4. The fraction of sp³-hybridized carbons (Fsp3) is 0.333. The molecule has 19 heavy (non-hydrogen) atoms. The molecule has 0 bridgehead atoms. The SMILES string of the molecule is CCc1ccc2c(c1)C[C@@H](c1ccccc1)CCO2. The third kappa shape index (κ3) is 2.65. The highest BCUT2D eigenvalue weighted by atomic mass is 16.5. The summed E-state index contributed by atoms with van der Waals surface area (Å²) in [5.41, 5.74) is 4.20. The molecule has 1 aliphatic heterocycles. The molecule has 0 saturated heterocycles. The van der Waals surface area contributed by atoms with E-state index in [1.165, 1.54) is 16.7 Å². The zero-order valence-electron chi connectivity index (χ0n) is 11.4. The minimum atomic E-state index is 0.578. The normalized spacial score (nSPS) is 18.3. The van der Waals surface area contributed by atoms with Crippen LogP contribution in [0.3, 0.4) is 0 Å². The number of aryl methyl sites for hydroxylation is 1. The van der Waals surface area contributed by atoms with E-state index in [0.29, 0.717) is 5.92 Å². The van der Waals surface area contributed by atoms with Crippen LogP contribution < -0.4 is 4.74 Å². The van der Waals surface area contributed by atoms with Crippen molar-refractivity contribution >= 4 is 0 Å². The van der Waals surface area contributed by atoms with E-state index in [0.717, 1.165) is 31.6 Å². The Morgan fingerprint density at radius 2 is 1.95 bits per heavy atom. The third-order valence-electron chi connectivity index (χ3n) is 3.99. The van der Waals surface area contributed by atoms with Gasteiger partial charge in [0.15, 0.2) is 0 Å². The molecule has 0 spiro atoms. The molecule has 0 aliphatic carbocycles. The fourth-order valence-electron chi connectivity index (χ4n) is 2.84. The van der Waals surface area contributed by atoms with Gasteiger partial charge in [-0.2, -0.15) is 0 Å². The monoisotopic (exact) mass is 252 g/mol. The maximum Gasteiger partial charge on any atom is 0.122 e. The Kier molecular flexibility index (Phi) is 3.54. The molecule has 3 rings (SSSR count). The Bertz CT molecular complexity index is 545. The Labute approximate surface area is 115 Å². The highest BCUT2D eigenvalue weighted by Crippen LogP contribution is 2.33. The molecule has 0 saturated carbocycles. The average molecular weight is 252 g/mol. The van der Waals surface area contributed by atoms with Crippen molar-refractivity contribution in [2.45, 2.75) is 32.1 Å². The standard InChI is InChI=1S/C18H20O/c1-2-14-8-9-18-17(12-14)13-16(10-11-19-18)15-6-4-3-5-7-15/h3-9,12,16H,2,10-11,13H2,1H3/t16-/m0/s1. The average Bonchev–Trinajstić information content (AvgIpc) is 2.69. The van der Waals surface area contributed by atoms with Crippen LogP contribution in [0.15, 0.2) is 48.5 Å². The van der Waals surface area contributed by atoms with E-state index < -0.39 is 0 Å². The van der Waals surface area contributed by atoms with Gasteiger partial charge in [0, 0.05) is 0 Å². The van der Waals surface area contributed by atoms with Gasteiger partial charge in [-0.05, 0) is 47.9 Å². The molecule has 1 heteroatoms. The summed E-state index contributed by atoms with van der Waals surface area (Å²) < 4.78 is 5.90. The van der Waals surface area contributed by atoms with E-state index in [1.807, 2.05) is 0 Å². The van der Waals surface area contributed by atoms with Gasteiger partial charge in [0.25, 0.3) is 0 Å². The van der Waals surface area contributed by atoms with Crippen molar-refractivity contribution in [1.82, 2.24) is 0 Å². The van der Waals surface area contributed by atoms with Gasteiger partial charge in [0.05, 0.1) is 6.61 Å². The highest BCUT2D eigenvalue weighted by Gasteiger charge is 2.19. The van der Waals surface area contributed by atoms with Gasteiger partial charge in [-0.1, -0.05) is 49.4 Å². The van der Waals surface area contributed by atoms with Crippen LogP contribution in [-0.2, 0) is 12.8 Å². The number of hydrogen-bond donors (Lipinski definition) is 0. The van der Waals surface area contributed by atoms with Crippen LogP contribution in [0.1, 0.15) is 36.0 Å². The molecular weight excluding hydrogens is 232 g/mol. The molecule has 98 valence electrons. The second-order valence-corrected chi connectivity index (χ2v) is 5.24. The molecule has 0 aromatic heterocycles. The van der Waals surface area contributed by atoms with Crippen LogP contribution in [0, 0.1) is 0 Å². The summed E-state index contributed by atoms with van der Waals surface area (Å²) in [7, 11) is 0. The van der Waals surface area contributed by atoms with Gasteiger partial charge in [-0.3, -0.25) is 0 Å². The van der Waals surface area contributed by atoms with Crippen molar-refractivity contribution < 1.29 is 4.74 Å². The Balaban J connectivity index is 1.91. The minimum absolute atomic E-state index is 0.578. The van der Waals surface area contributed by atoms with Gasteiger partial charge in [0.2, 0.25) is 0 Å². The van der Waals surface area contributed by atoms with Crippen molar-refractivity contribution in [2.75, 3.05) is 6.61 Å². The molecule has 0 N–H and O–H groups in total. The lowest BCUT2D eigenvalue weighted by molar-refractivity contribution is 0.310. The number of rotatable bonds is 2. The topological polar surface area (TPSA) is 9.23 Å². The summed E-state index contributed by atoms with van der Waals surface area (Å²) in [6.07, 6.45) is 3.27. The van der Waals surface area contributed by atoms with Crippen molar-refractivity contribution in [1.29, 1.82) is 0 Å². The first kappa shape index (κ1) is 12.3. The lowest BCUT2D eigenvalue weighted by atomic mass is 9.89. The van der Waals surface area contributed by atoms with E-state index in [-0.39, 0.29) is 0 Å². The summed E-state index contributed by atoms with van der Waals surface area (Å²) >= 11 is 0. The lowest BCUT2D eigenvalue weighted by Gasteiger charge is -2.14. The van der Waals surface area contributed by atoms with Crippen LogP contribution in [-0.4, -0.2) is 6.61 Å². The van der Waals surface area contributed by atoms with E-state index >= 15 is 0 Å². The molecule has 2 aromatic carbocycles. The largest absolute Gasteiger partial charge is 0.493 e. The third-order valence-corrected chi connectivity index (χ3v) is 3.99. The van der Waals surface area contributed by atoms with E-state index in [4.69, 9.17) is 4.74 Å². The summed E-state index contributed by atoms with van der Waals surface area (Å²) in [6, 6.07) is 17.5. The smallest absolute Gasteiger partial charge is 0.122 e. The Morgan fingerprint density at radius 3 is 2.74 bits per heavy atom. The van der Waals surface area contributed by atoms with Crippen molar-refractivity contribution in [3.05, 3.63) is 65.2 Å². The zero-order chi connectivity index (χ0) is 13.1. The van der Waals surface area contributed by atoms with Gasteiger partial charge < -0.3 is 4.74 Å². The van der Waals surface area contributed by atoms with Gasteiger partial charge >= 0.3 is 0 Å². The highest BCUT2D eigenvalue weighted by molar-refractivity contribution is 5.39. The molecule has 0 amide bonds. The van der Waals surface area contributed by atoms with Gasteiger partial charge in [-0.25, -0.2) is 0 Å². The van der Waals surface area contributed by atoms with Crippen molar-refractivity contribution in [3.63, 3.8) is 0 Å². The predicted octanol–water partition coefficient (Wildman–Crippen LogP) is 4.36. The Hall–Kier alpha value is -1.76. The first-order valence-electron chi connectivity index (χ1n) is 7.16. The van der Waals surface area contributed by atoms with E-state index in [2.05, 4.69) is 55.5 Å².